The maximum Gasteiger partial charge on any atom is 0.416 e. The molecule has 0 spiro atoms. The van der Waals surface area contributed by atoms with Gasteiger partial charge in [-0.3, -0.25) is 14.6 Å². The van der Waals surface area contributed by atoms with Crippen LogP contribution in [0.1, 0.15) is 27.9 Å². The number of benzene rings is 1. The molecule has 0 radical (unpaired) electrons. The highest BCUT2D eigenvalue weighted by Gasteiger charge is 2.36. The van der Waals surface area contributed by atoms with Crippen molar-refractivity contribution in [3.8, 4) is 0 Å². The van der Waals surface area contributed by atoms with Gasteiger partial charge in [-0.15, -0.1) is 0 Å². The third-order valence-electron chi connectivity index (χ3n) is 4.16. The first kappa shape index (κ1) is 17.9. The van der Waals surface area contributed by atoms with Gasteiger partial charge < -0.3 is 10.2 Å². The van der Waals surface area contributed by atoms with Crippen molar-refractivity contribution in [3.05, 3.63) is 65.5 Å². The second-order valence-corrected chi connectivity index (χ2v) is 6.05. The monoisotopic (exact) mass is 363 g/mol. The number of halogens is 3. The van der Waals surface area contributed by atoms with Gasteiger partial charge in [0.05, 0.1) is 17.2 Å². The highest BCUT2D eigenvalue weighted by Crippen LogP contribution is 2.32. The van der Waals surface area contributed by atoms with E-state index in [2.05, 4.69) is 10.3 Å². The Hall–Kier alpha value is -2.90. The molecule has 2 aromatic rings. The van der Waals surface area contributed by atoms with Crippen LogP contribution in [0, 0.1) is 0 Å². The SMILES string of the molecule is O=C(NC1CC(=O)N(Cc2ccccc2C(F)(F)F)C1)c1cccnc1. The molecule has 1 aromatic heterocycles. The summed E-state index contributed by atoms with van der Waals surface area (Å²) in [5.41, 5.74) is -0.357. The van der Waals surface area contributed by atoms with E-state index in [-0.39, 0.29) is 36.9 Å². The van der Waals surface area contributed by atoms with Gasteiger partial charge in [0.1, 0.15) is 0 Å². The molecule has 1 fully saturated rings. The van der Waals surface area contributed by atoms with Crippen LogP contribution in [0.25, 0.3) is 0 Å². The van der Waals surface area contributed by atoms with E-state index in [1.165, 1.54) is 35.5 Å². The molecule has 5 nitrogen and oxygen atoms in total. The number of aromatic nitrogens is 1. The van der Waals surface area contributed by atoms with E-state index in [1.807, 2.05) is 0 Å². The molecular formula is C18H16F3N3O2. The summed E-state index contributed by atoms with van der Waals surface area (Å²) in [6.07, 6.45) is -1.48. The maximum absolute atomic E-state index is 13.1. The summed E-state index contributed by atoms with van der Waals surface area (Å²) in [5.74, 6) is -0.660. The van der Waals surface area contributed by atoms with E-state index in [0.717, 1.165) is 6.07 Å². The van der Waals surface area contributed by atoms with E-state index >= 15 is 0 Å². The molecule has 1 aliphatic rings. The number of pyridine rings is 1. The minimum Gasteiger partial charge on any atom is -0.347 e. The molecule has 136 valence electrons. The van der Waals surface area contributed by atoms with E-state index < -0.39 is 17.8 Å². The molecule has 1 N–H and O–H groups in total. The average molecular weight is 363 g/mol. The number of hydrogen-bond donors (Lipinski definition) is 1. The van der Waals surface area contributed by atoms with Crippen LogP contribution in [0.5, 0.6) is 0 Å². The average Bonchev–Trinajstić information content (AvgIpc) is 2.94. The second kappa shape index (κ2) is 7.15. The first-order chi connectivity index (χ1) is 12.3. The van der Waals surface area contributed by atoms with Gasteiger partial charge >= 0.3 is 6.18 Å². The Morgan fingerprint density at radius 1 is 1.23 bits per heavy atom. The highest BCUT2D eigenvalue weighted by molar-refractivity contribution is 5.94. The maximum atomic E-state index is 13.1. The first-order valence-electron chi connectivity index (χ1n) is 7.98. The lowest BCUT2D eigenvalue weighted by Gasteiger charge is -2.20. The standard InChI is InChI=1S/C18H16F3N3O2/c19-18(20,21)15-6-2-1-4-13(15)10-24-11-14(8-16(24)25)23-17(26)12-5-3-7-22-9-12/h1-7,9,14H,8,10-11H2,(H,23,26). The lowest BCUT2D eigenvalue weighted by Crippen LogP contribution is -2.37. The summed E-state index contributed by atoms with van der Waals surface area (Å²) in [5, 5.41) is 2.72. The number of likely N-dealkylation sites (tertiary alicyclic amines) is 1. The molecule has 0 aliphatic carbocycles. The van der Waals surface area contributed by atoms with Crippen LogP contribution >= 0.6 is 0 Å². The Morgan fingerprint density at radius 3 is 2.69 bits per heavy atom. The summed E-state index contributed by atoms with van der Waals surface area (Å²) < 4.78 is 39.3. The van der Waals surface area contributed by atoms with Crippen molar-refractivity contribution in [2.75, 3.05) is 6.54 Å². The molecule has 0 saturated carbocycles. The zero-order chi connectivity index (χ0) is 18.7. The van der Waals surface area contributed by atoms with Crippen LogP contribution in [-0.4, -0.2) is 34.3 Å². The molecule has 2 heterocycles. The van der Waals surface area contributed by atoms with Crippen LogP contribution in [0.4, 0.5) is 13.2 Å². The minimum absolute atomic E-state index is 0.0348. The molecule has 1 atom stereocenters. The predicted molar refractivity (Wildman–Crippen MR) is 87.0 cm³/mol. The van der Waals surface area contributed by atoms with Crippen LogP contribution < -0.4 is 5.32 Å². The quantitative estimate of drug-likeness (QED) is 0.908. The van der Waals surface area contributed by atoms with Crippen molar-refractivity contribution >= 4 is 11.8 Å². The fourth-order valence-electron chi connectivity index (χ4n) is 2.93. The molecule has 26 heavy (non-hydrogen) atoms. The van der Waals surface area contributed by atoms with Gasteiger partial charge in [-0.05, 0) is 23.8 Å². The molecule has 1 aromatic carbocycles. The van der Waals surface area contributed by atoms with Crippen LogP contribution in [0.2, 0.25) is 0 Å². The van der Waals surface area contributed by atoms with Crippen molar-refractivity contribution < 1.29 is 22.8 Å². The normalized spacial score (nSPS) is 17.4. The Labute approximate surface area is 147 Å². The Bertz CT molecular complexity index is 809. The number of rotatable bonds is 4. The Kier molecular flexibility index (Phi) is 4.92. The number of hydrogen-bond acceptors (Lipinski definition) is 3. The van der Waals surface area contributed by atoms with Gasteiger partial charge in [0.25, 0.3) is 5.91 Å². The first-order valence-corrected chi connectivity index (χ1v) is 7.98. The van der Waals surface area contributed by atoms with Gasteiger partial charge in [-0.25, -0.2) is 0 Å². The third-order valence-corrected chi connectivity index (χ3v) is 4.16. The molecule has 0 bridgehead atoms. The van der Waals surface area contributed by atoms with Gasteiger partial charge in [0.15, 0.2) is 0 Å². The number of nitrogens with one attached hydrogen (secondary N) is 1. The van der Waals surface area contributed by atoms with Gasteiger partial charge in [-0.1, -0.05) is 18.2 Å². The van der Waals surface area contributed by atoms with Gasteiger partial charge in [-0.2, -0.15) is 13.2 Å². The van der Waals surface area contributed by atoms with Gasteiger partial charge in [0, 0.05) is 31.9 Å². The van der Waals surface area contributed by atoms with E-state index in [1.54, 1.807) is 12.1 Å². The van der Waals surface area contributed by atoms with E-state index in [0.29, 0.717) is 5.56 Å². The zero-order valence-electron chi connectivity index (χ0n) is 13.7. The summed E-state index contributed by atoms with van der Waals surface area (Å²) in [6, 6.07) is 7.94. The van der Waals surface area contributed by atoms with Gasteiger partial charge in [0.2, 0.25) is 5.91 Å². The molecule has 8 heteroatoms. The molecule has 2 amide bonds. The summed E-state index contributed by atoms with van der Waals surface area (Å²) >= 11 is 0. The lowest BCUT2D eigenvalue weighted by atomic mass is 10.1. The third kappa shape index (κ3) is 4.01. The van der Waals surface area contributed by atoms with E-state index in [4.69, 9.17) is 0 Å². The fourth-order valence-corrected chi connectivity index (χ4v) is 2.93. The largest absolute Gasteiger partial charge is 0.416 e. The molecule has 1 saturated heterocycles. The smallest absolute Gasteiger partial charge is 0.347 e. The Morgan fingerprint density at radius 2 is 2.00 bits per heavy atom. The number of carbonyl (C=O) groups is 2. The second-order valence-electron chi connectivity index (χ2n) is 6.05. The van der Waals surface area contributed by atoms with E-state index in [9.17, 15) is 22.8 Å². The lowest BCUT2D eigenvalue weighted by molar-refractivity contribution is -0.139. The minimum atomic E-state index is -4.48. The predicted octanol–water partition coefficient (Wildman–Crippen LogP) is 2.63. The molecule has 3 rings (SSSR count). The van der Waals surface area contributed by atoms with Crippen molar-refractivity contribution in [2.45, 2.75) is 25.2 Å². The van der Waals surface area contributed by atoms with Crippen molar-refractivity contribution in [2.24, 2.45) is 0 Å². The number of alkyl halides is 3. The Balaban J connectivity index is 1.67. The molecule has 1 unspecified atom stereocenters. The topological polar surface area (TPSA) is 62.3 Å². The van der Waals surface area contributed by atoms with Crippen molar-refractivity contribution in [3.63, 3.8) is 0 Å². The number of amides is 2. The summed E-state index contributed by atoms with van der Waals surface area (Å²) in [6.45, 7) is 0.0187. The fraction of sp³-hybridized carbons (Fsp3) is 0.278. The molecule has 1 aliphatic heterocycles. The summed E-state index contributed by atoms with van der Waals surface area (Å²) in [4.78, 5) is 29.5. The van der Waals surface area contributed by atoms with Crippen molar-refractivity contribution in [1.82, 2.24) is 15.2 Å². The summed E-state index contributed by atoms with van der Waals surface area (Å²) in [7, 11) is 0. The zero-order valence-corrected chi connectivity index (χ0v) is 13.7. The van der Waals surface area contributed by atoms with Crippen molar-refractivity contribution in [1.29, 1.82) is 0 Å². The van der Waals surface area contributed by atoms with Crippen LogP contribution in [0.15, 0.2) is 48.8 Å². The number of carbonyl (C=O) groups excluding carboxylic acids is 2. The highest BCUT2D eigenvalue weighted by atomic mass is 19.4. The molecular weight excluding hydrogens is 347 g/mol. The van der Waals surface area contributed by atoms with Crippen LogP contribution in [-0.2, 0) is 17.5 Å². The number of nitrogens with zero attached hydrogens (tertiary/aromatic N) is 2. The van der Waals surface area contributed by atoms with Crippen LogP contribution in [0.3, 0.4) is 0 Å².